The largest absolute Gasteiger partial charge is 0.464 e. The first-order valence-electron chi connectivity index (χ1n) is 7.27. The SMILES string of the molecule is Cc1ccc([C@@H]2CC(c3cccs3)=NN2C(=O)c2ccco2)o1. The highest BCUT2D eigenvalue weighted by atomic mass is 32.1. The molecule has 4 rings (SSSR count). The van der Waals surface area contributed by atoms with Crippen LogP contribution < -0.4 is 0 Å². The Morgan fingerprint density at radius 1 is 1.30 bits per heavy atom. The van der Waals surface area contributed by atoms with Crippen LogP contribution in [0.4, 0.5) is 0 Å². The molecule has 6 heteroatoms. The van der Waals surface area contributed by atoms with Crippen LogP contribution >= 0.6 is 11.3 Å². The minimum Gasteiger partial charge on any atom is -0.464 e. The van der Waals surface area contributed by atoms with Gasteiger partial charge in [-0.15, -0.1) is 11.3 Å². The number of nitrogens with zero attached hydrogens (tertiary/aromatic N) is 2. The molecule has 0 unspecified atom stereocenters. The third-order valence-electron chi connectivity index (χ3n) is 3.75. The molecule has 0 saturated heterocycles. The minimum atomic E-state index is -0.263. The summed E-state index contributed by atoms with van der Waals surface area (Å²) >= 11 is 1.61. The van der Waals surface area contributed by atoms with Gasteiger partial charge in [-0.3, -0.25) is 4.79 Å². The van der Waals surface area contributed by atoms with Crippen LogP contribution in [0.15, 0.2) is 62.0 Å². The van der Waals surface area contributed by atoms with Crippen molar-refractivity contribution in [1.29, 1.82) is 0 Å². The van der Waals surface area contributed by atoms with E-state index in [1.54, 1.807) is 23.5 Å². The van der Waals surface area contributed by atoms with Crippen LogP contribution in [0.1, 0.15) is 39.4 Å². The molecule has 0 bridgehead atoms. The predicted molar refractivity (Wildman–Crippen MR) is 86.5 cm³/mol. The molecule has 0 saturated carbocycles. The molecule has 0 fully saturated rings. The van der Waals surface area contributed by atoms with Crippen molar-refractivity contribution in [3.05, 3.63) is 70.2 Å². The molecule has 1 atom stereocenters. The van der Waals surface area contributed by atoms with Crippen LogP contribution in [0, 0.1) is 6.92 Å². The number of hydrogen-bond donors (Lipinski definition) is 0. The standard InChI is InChI=1S/C17H14N2O3S/c1-11-6-7-14(22-11)13-10-12(16-5-3-9-23-16)18-19(13)17(20)15-4-2-8-21-15/h2-9,13H,10H2,1H3/t13-/m0/s1. The molecule has 0 aliphatic carbocycles. The third-order valence-corrected chi connectivity index (χ3v) is 4.66. The number of amides is 1. The van der Waals surface area contributed by atoms with Crippen LogP contribution in [0.3, 0.4) is 0 Å². The number of hydrazone groups is 1. The van der Waals surface area contributed by atoms with Gasteiger partial charge in [0.1, 0.15) is 17.6 Å². The fourth-order valence-corrected chi connectivity index (χ4v) is 3.38. The maximum Gasteiger partial charge on any atom is 0.310 e. The van der Waals surface area contributed by atoms with Crippen molar-refractivity contribution < 1.29 is 13.6 Å². The highest BCUT2D eigenvalue weighted by Gasteiger charge is 2.36. The first-order valence-corrected chi connectivity index (χ1v) is 8.15. The molecule has 1 aliphatic rings. The summed E-state index contributed by atoms with van der Waals surface area (Å²) in [6, 6.07) is 10.9. The zero-order valence-corrected chi connectivity index (χ0v) is 13.2. The maximum atomic E-state index is 12.7. The molecule has 4 heterocycles. The van der Waals surface area contributed by atoms with E-state index in [1.807, 2.05) is 36.6 Å². The Kier molecular flexibility index (Phi) is 3.38. The van der Waals surface area contributed by atoms with Crippen LogP contribution in [0.2, 0.25) is 0 Å². The van der Waals surface area contributed by atoms with Crippen molar-refractivity contribution in [2.24, 2.45) is 5.10 Å². The van der Waals surface area contributed by atoms with Gasteiger partial charge in [0, 0.05) is 6.42 Å². The van der Waals surface area contributed by atoms with E-state index in [2.05, 4.69) is 5.10 Å². The number of carbonyl (C=O) groups is 1. The minimum absolute atomic E-state index is 0.251. The molecule has 5 nitrogen and oxygen atoms in total. The van der Waals surface area contributed by atoms with Crippen molar-refractivity contribution >= 4 is 23.0 Å². The van der Waals surface area contributed by atoms with E-state index in [-0.39, 0.29) is 17.7 Å². The van der Waals surface area contributed by atoms with Gasteiger partial charge in [0.2, 0.25) is 0 Å². The lowest BCUT2D eigenvalue weighted by Gasteiger charge is -2.18. The molecule has 3 aromatic rings. The first kappa shape index (κ1) is 14.0. The van der Waals surface area contributed by atoms with Crippen LogP contribution in [0.5, 0.6) is 0 Å². The van der Waals surface area contributed by atoms with Gasteiger partial charge in [-0.2, -0.15) is 5.10 Å². The Balaban J connectivity index is 1.72. The summed E-state index contributed by atoms with van der Waals surface area (Å²) < 4.78 is 11.0. The molecule has 1 aliphatic heterocycles. The van der Waals surface area contributed by atoms with Crippen molar-refractivity contribution in [1.82, 2.24) is 5.01 Å². The molecule has 0 N–H and O–H groups in total. The summed E-state index contributed by atoms with van der Waals surface area (Å²) in [5.41, 5.74) is 0.888. The van der Waals surface area contributed by atoms with E-state index in [1.165, 1.54) is 11.3 Å². The van der Waals surface area contributed by atoms with Crippen molar-refractivity contribution in [2.45, 2.75) is 19.4 Å². The second-order valence-corrected chi connectivity index (χ2v) is 6.27. The van der Waals surface area contributed by atoms with Gasteiger partial charge < -0.3 is 8.83 Å². The number of thiophene rings is 1. The lowest BCUT2D eigenvalue weighted by atomic mass is 10.1. The van der Waals surface area contributed by atoms with Gasteiger partial charge >= 0.3 is 5.91 Å². The molecule has 1 amide bonds. The highest BCUT2D eigenvalue weighted by molar-refractivity contribution is 7.12. The number of furan rings is 2. The number of hydrogen-bond acceptors (Lipinski definition) is 5. The second kappa shape index (κ2) is 5.55. The zero-order valence-electron chi connectivity index (χ0n) is 12.4. The Hall–Kier alpha value is -2.60. The van der Waals surface area contributed by atoms with E-state index in [0.29, 0.717) is 6.42 Å². The molecule has 23 heavy (non-hydrogen) atoms. The fraction of sp³-hybridized carbons (Fsp3) is 0.176. The molecular formula is C17H14N2O3S. The predicted octanol–water partition coefficient (Wildman–Crippen LogP) is 4.23. The van der Waals surface area contributed by atoms with Crippen LogP contribution in [0.25, 0.3) is 0 Å². The molecular weight excluding hydrogens is 312 g/mol. The zero-order chi connectivity index (χ0) is 15.8. The Bertz CT molecular complexity index is 846. The Labute approximate surface area is 136 Å². The van der Waals surface area contributed by atoms with Crippen LogP contribution in [-0.2, 0) is 0 Å². The quantitative estimate of drug-likeness (QED) is 0.723. The van der Waals surface area contributed by atoms with E-state index in [0.717, 1.165) is 22.1 Å². The average molecular weight is 326 g/mol. The van der Waals surface area contributed by atoms with Gasteiger partial charge in [0.15, 0.2) is 5.76 Å². The lowest BCUT2D eigenvalue weighted by Crippen LogP contribution is -2.26. The molecule has 116 valence electrons. The molecule has 0 aromatic carbocycles. The summed E-state index contributed by atoms with van der Waals surface area (Å²) in [6.45, 7) is 1.89. The molecule has 3 aromatic heterocycles. The third kappa shape index (κ3) is 2.51. The Morgan fingerprint density at radius 3 is 2.87 bits per heavy atom. The smallest absolute Gasteiger partial charge is 0.310 e. The summed E-state index contributed by atoms with van der Waals surface area (Å²) in [7, 11) is 0. The Morgan fingerprint density at radius 2 is 2.22 bits per heavy atom. The van der Waals surface area contributed by atoms with E-state index < -0.39 is 0 Å². The average Bonchev–Trinajstić information content (AvgIpc) is 3.31. The number of aryl methyl sites for hydroxylation is 1. The first-order chi connectivity index (χ1) is 11.2. The van der Waals surface area contributed by atoms with Crippen molar-refractivity contribution in [3.8, 4) is 0 Å². The van der Waals surface area contributed by atoms with Gasteiger partial charge in [-0.25, -0.2) is 5.01 Å². The summed E-state index contributed by atoms with van der Waals surface area (Å²) in [4.78, 5) is 13.8. The normalized spacial score (nSPS) is 17.5. The monoisotopic (exact) mass is 326 g/mol. The maximum absolute atomic E-state index is 12.7. The summed E-state index contributed by atoms with van der Waals surface area (Å²) in [5.74, 6) is 1.56. The van der Waals surface area contributed by atoms with E-state index in [9.17, 15) is 4.79 Å². The van der Waals surface area contributed by atoms with Gasteiger partial charge in [-0.1, -0.05) is 6.07 Å². The number of carbonyl (C=O) groups excluding carboxylic acids is 1. The van der Waals surface area contributed by atoms with Crippen molar-refractivity contribution in [3.63, 3.8) is 0 Å². The second-order valence-electron chi connectivity index (χ2n) is 5.32. The topological polar surface area (TPSA) is 59.0 Å². The van der Waals surface area contributed by atoms with Gasteiger partial charge in [0.05, 0.1) is 16.9 Å². The van der Waals surface area contributed by atoms with E-state index >= 15 is 0 Å². The number of rotatable bonds is 3. The van der Waals surface area contributed by atoms with Gasteiger partial charge in [0.25, 0.3) is 0 Å². The highest BCUT2D eigenvalue weighted by Crippen LogP contribution is 2.35. The van der Waals surface area contributed by atoms with Crippen LogP contribution in [-0.4, -0.2) is 16.6 Å². The lowest BCUT2D eigenvalue weighted by molar-refractivity contribution is 0.0659. The summed E-state index contributed by atoms with van der Waals surface area (Å²) in [6.07, 6.45) is 2.11. The fourth-order valence-electron chi connectivity index (χ4n) is 2.66. The van der Waals surface area contributed by atoms with Crippen molar-refractivity contribution in [2.75, 3.05) is 0 Å². The van der Waals surface area contributed by atoms with E-state index in [4.69, 9.17) is 8.83 Å². The van der Waals surface area contributed by atoms with Gasteiger partial charge in [-0.05, 0) is 42.6 Å². The molecule has 0 radical (unpaired) electrons. The molecule has 0 spiro atoms. The summed E-state index contributed by atoms with van der Waals surface area (Å²) in [5, 5.41) is 8.01.